The number of rotatable bonds is 3. The van der Waals surface area contributed by atoms with Gasteiger partial charge in [-0.1, -0.05) is 11.6 Å². The first-order valence-corrected chi connectivity index (χ1v) is 4.31. The van der Waals surface area contributed by atoms with E-state index in [4.69, 9.17) is 23.2 Å². The standard InChI is InChI=1S/C8H3Cl2F3O2/c9-4-2-1-3(7(10)14)5(11)6(4)15-8(12)13/h1-2,8H. The Morgan fingerprint density at radius 1 is 1.40 bits per heavy atom. The van der Waals surface area contributed by atoms with Crippen LogP contribution in [0.15, 0.2) is 12.1 Å². The van der Waals surface area contributed by atoms with Gasteiger partial charge in [0, 0.05) is 0 Å². The molecule has 0 atom stereocenters. The van der Waals surface area contributed by atoms with Gasteiger partial charge in [0.2, 0.25) is 0 Å². The van der Waals surface area contributed by atoms with E-state index in [9.17, 15) is 18.0 Å². The fourth-order valence-corrected chi connectivity index (χ4v) is 1.22. The largest absolute Gasteiger partial charge is 0.430 e. The third-order valence-corrected chi connectivity index (χ3v) is 1.97. The van der Waals surface area contributed by atoms with Crippen LogP contribution < -0.4 is 4.74 Å². The van der Waals surface area contributed by atoms with Crippen LogP contribution in [-0.4, -0.2) is 11.9 Å². The molecule has 0 unspecified atom stereocenters. The summed E-state index contributed by atoms with van der Waals surface area (Å²) in [5, 5.41) is -1.49. The Kier molecular flexibility index (Phi) is 3.82. The zero-order chi connectivity index (χ0) is 11.6. The van der Waals surface area contributed by atoms with Crippen LogP contribution in [0.5, 0.6) is 5.75 Å². The maximum absolute atomic E-state index is 13.3. The van der Waals surface area contributed by atoms with E-state index >= 15 is 0 Å². The molecular weight excluding hydrogens is 256 g/mol. The minimum Gasteiger partial charge on any atom is -0.430 e. The SMILES string of the molecule is O=C(Cl)c1ccc(Cl)c(OC(F)F)c1F. The van der Waals surface area contributed by atoms with Crippen LogP contribution in [0.25, 0.3) is 0 Å². The third-order valence-electron chi connectivity index (χ3n) is 1.47. The molecule has 0 aliphatic carbocycles. The fraction of sp³-hybridized carbons (Fsp3) is 0.125. The van der Waals surface area contributed by atoms with E-state index in [1.165, 1.54) is 0 Å². The van der Waals surface area contributed by atoms with Crippen LogP contribution in [-0.2, 0) is 0 Å². The zero-order valence-electron chi connectivity index (χ0n) is 6.94. The van der Waals surface area contributed by atoms with Gasteiger partial charge in [0.25, 0.3) is 5.24 Å². The van der Waals surface area contributed by atoms with E-state index in [1.807, 2.05) is 0 Å². The van der Waals surface area contributed by atoms with Crippen LogP contribution in [0.3, 0.4) is 0 Å². The average Bonchev–Trinajstić information content (AvgIpc) is 2.11. The molecule has 7 heteroatoms. The Morgan fingerprint density at radius 2 is 2.00 bits per heavy atom. The van der Waals surface area contributed by atoms with E-state index in [0.717, 1.165) is 12.1 Å². The minimum atomic E-state index is -3.24. The smallest absolute Gasteiger partial charge is 0.387 e. The summed E-state index contributed by atoms with van der Waals surface area (Å²) in [5.74, 6) is -2.19. The second kappa shape index (κ2) is 4.72. The monoisotopic (exact) mass is 258 g/mol. The molecule has 0 bridgehead atoms. The van der Waals surface area contributed by atoms with Crippen molar-refractivity contribution in [3.63, 3.8) is 0 Å². The lowest BCUT2D eigenvalue weighted by atomic mass is 10.2. The van der Waals surface area contributed by atoms with E-state index in [-0.39, 0.29) is 5.02 Å². The zero-order valence-corrected chi connectivity index (χ0v) is 8.45. The number of hydrogen-bond donors (Lipinski definition) is 0. The quantitative estimate of drug-likeness (QED) is 0.777. The van der Waals surface area contributed by atoms with Crippen LogP contribution in [0.1, 0.15) is 10.4 Å². The first-order valence-electron chi connectivity index (χ1n) is 3.56. The predicted octanol–water partition coefficient (Wildman–Crippen LogP) is 3.46. The molecule has 0 N–H and O–H groups in total. The highest BCUT2D eigenvalue weighted by atomic mass is 35.5. The highest BCUT2D eigenvalue weighted by molar-refractivity contribution is 6.67. The molecule has 82 valence electrons. The Labute approximate surface area is 92.5 Å². The molecule has 0 saturated carbocycles. The van der Waals surface area contributed by atoms with Crippen molar-refractivity contribution in [2.45, 2.75) is 6.61 Å². The molecule has 0 amide bonds. The van der Waals surface area contributed by atoms with Gasteiger partial charge in [0.05, 0.1) is 10.6 Å². The molecule has 2 nitrogen and oxygen atoms in total. The van der Waals surface area contributed by atoms with Crippen molar-refractivity contribution in [1.82, 2.24) is 0 Å². The van der Waals surface area contributed by atoms with Gasteiger partial charge in [0.1, 0.15) is 0 Å². The third kappa shape index (κ3) is 2.76. The van der Waals surface area contributed by atoms with Gasteiger partial charge in [-0.3, -0.25) is 4.79 Å². The van der Waals surface area contributed by atoms with Gasteiger partial charge in [-0.05, 0) is 23.7 Å². The van der Waals surface area contributed by atoms with Crippen LogP contribution in [0, 0.1) is 5.82 Å². The fourth-order valence-electron chi connectivity index (χ4n) is 0.881. The predicted molar refractivity (Wildman–Crippen MR) is 48.2 cm³/mol. The normalized spacial score (nSPS) is 10.5. The molecule has 0 fully saturated rings. The summed E-state index contributed by atoms with van der Waals surface area (Å²) >= 11 is 10.4. The highest BCUT2D eigenvalue weighted by Crippen LogP contribution is 2.31. The summed E-state index contributed by atoms with van der Waals surface area (Å²) in [7, 11) is 0. The molecule has 0 aliphatic rings. The molecule has 1 aromatic rings. The maximum Gasteiger partial charge on any atom is 0.387 e. The van der Waals surface area contributed by atoms with Crippen LogP contribution in [0.2, 0.25) is 5.02 Å². The van der Waals surface area contributed by atoms with E-state index in [1.54, 1.807) is 0 Å². The second-order valence-electron chi connectivity index (χ2n) is 2.39. The van der Waals surface area contributed by atoms with E-state index < -0.39 is 29.0 Å². The molecule has 0 heterocycles. The van der Waals surface area contributed by atoms with E-state index in [0.29, 0.717) is 0 Å². The molecule has 0 saturated heterocycles. The number of ether oxygens (including phenoxy) is 1. The van der Waals surface area contributed by atoms with Gasteiger partial charge in [0.15, 0.2) is 11.6 Å². The van der Waals surface area contributed by atoms with Crippen LogP contribution in [0.4, 0.5) is 13.2 Å². The number of benzene rings is 1. The summed E-state index contributed by atoms with van der Waals surface area (Å²) in [6, 6.07) is 2.02. The van der Waals surface area contributed by atoms with Crippen molar-refractivity contribution >= 4 is 28.4 Å². The van der Waals surface area contributed by atoms with Crippen molar-refractivity contribution in [2.24, 2.45) is 0 Å². The summed E-state index contributed by atoms with van der Waals surface area (Å²) in [4.78, 5) is 10.7. The molecule has 0 radical (unpaired) electrons. The summed E-state index contributed by atoms with van der Waals surface area (Å²) in [5.41, 5.74) is -0.572. The number of alkyl halides is 2. The lowest BCUT2D eigenvalue weighted by molar-refractivity contribution is -0.0521. The summed E-state index contributed by atoms with van der Waals surface area (Å²) in [6.07, 6.45) is 0. The van der Waals surface area contributed by atoms with Gasteiger partial charge < -0.3 is 4.74 Å². The number of carbonyl (C=O) groups excluding carboxylic acids is 1. The first-order chi connectivity index (χ1) is 6.93. The number of halogens is 5. The number of hydrogen-bond acceptors (Lipinski definition) is 2. The summed E-state index contributed by atoms with van der Waals surface area (Å²) in [6.45, 7) is -3.24. The molecule has 1 aromatic carbocycles. The Hall–Kier alpha value is -0.940. The lowest BCUT2D eigenvalue weighted by Crippen LogP contribution is -2.06. The minimum absolute atomic E-state index is 0.366. The highest BCUT2D eigenvalue weighted by Gasteiger charge is 2.20. The Balaban J connectivity index is 3.24. The van der Waals surface area contributed by atoms with Crippen LogP contribution >= 0.6 is 23.2 Å². The molecule has 1 rings (SSSR count). The second-order valence-corrected chi connectivity index (χ2v) is 3.14. The molecule has 0 aromatic heterocycles. The average molecular weight is 259 g/mol. The van der Waals surface area contributed by atoms with Crippen molar-refractivity contribution < 1.29 is 22.7 Å². The maximum atomic E-state index is 13.3. The van der Waals surface area contributed by atoms with Gasteiger partial charge in [-0.2, -0.15) is 8.78 Å². The molecular formula is C8H3Cl2F3O2. The number of carbonyl (C=O) groups is 1. The Bertz CT molecular complexity index is 396. The van der Waals surface area contributed by atoms with Gasteiger partial charge in [-0.25, -0.2) is 4.39 Å². The van der Waals surface area contributed by atoms with Crippen molar-refractivity contribution in [1.29, 1.82) is 0 Å². The first kappa shape index (κ1) is 12.1. The molecule has 0 spiro atoms. The van der Waals surface area contributed by atoms with Crippen molar-refractivity contribution in [3.05, 3.63) is 28.5 Å². The van der Waals surface area contributed by atoms with Gasteiger partial charge in [-0.15, -0.1) is 0 Å². The Morgan fingerprint density at radius 3 is 2.47 bits per heavy atom. The van der Waals surface area contributed by atoms with Gasteiger partial charge >= 0.3 is 6.61 Å². The van der Waals surface area contributed by atoms with Crippen molar-refractivity contribution in [3.8, 4) is 5.75 Å². The molecule has 0 aliphatic heterocycles. The van der Waals surface area contributed by atoms with E-state index in [2.05, 4.69) is 4.74 Å². The molecule has 15 heavy (non-hydrogen) atoms. The van der Waals surface area contributed by atoms with Crippen molar-refractivity contribution in [2.75, 3.05) is 0 Å². The summed E-state index contributed by atoms with van der Waals surface area (Å²) < 4.78 is 40.8. The topological polar surface area (TPSA) is 26.3 Å². The lowest BCUT2D eigenvalue weighted by Gasteiger charge is -2.08.